The number of rotatable bonds is 5. The number of amides is 1. The molecule has 8 nitrogen and oxygen atoms in total. The number of hydrogen-bond acceptors (Lipinski definition) is 6. The Balaban J connectivity index is 1.42. The predicted molar refractivity (Wildman–Crippen MR) is 111 cm³/mol. The number of aryl methyl sites for hydroxylation is 3. The standard InChI is InChI=1S/C21H20F3N7O/c1-12-18-19(30(3)13(2)20(32)29-18)28-17(27-12)7-5-15-9-26-31(11-15)10-14-4-6-16(25-8-14)21(22,23)24/h4,6,8-9,11H,2,5,7,10H2,1,3H3,(H,29,32). The van der Waals surface area contributed by atoms with Crippen molar-refractivity contribution in [1.29, 1.82) is 0 Å². The Morgan fingerprint density at radius 2 is 1.91 bits per heavy atom. The van der Waals surface area contributed by atoms with Crippen LogP contribution in [0.25, 0.3) is 0 Å². The number of alkyl halides is 3. The third-order valence-corrected chi connectivity index (χ3v) is 5.12. The number of nitrogens with one attached hydrogen (secondary N) is 1. The molecule has 1 aliphatic heterocycles. The molecule has 0 unspecified atom stereocenters. The van der Waals surface area contributed by atoms with Gasteiger partial charge in [-0.2, -0.15) is 18.3 Å². The largest absolute Gasteiger partial charge is 0.433 e. The van der Waals surface area contributed by atoms with E-state index in [0.29, 0.717) is 53.7 Å². The summed E-state index contributed by atoms with van der Waals surface area (Å²) in [7, 11) is 1.73. The summed E-state index contributed by atoms with van der Waals surface area (Å²) in [5, 5.41) is 7.03. The summed E-state index contributed by atoms with van der Waals surface area (Å²) in [6.45, 7) is 5.88. The fourth-order valence-corrected chi connectivity index (χ4v) is 3.33. The Hall–Kier alpha value is -3.76. The van der Waals surface area contributed by atoms with Crippen LogP contribution in [0.5, 0.6) is 0 Å². The van der Waals surface area contributed by atoms with E-state index in [9.17, 15) is 18.0 Å². The number of carbonyl (C=O) groups excluding carboxylic acids is 1. The van der Waals surface area contributed by atoms with Gasteiger partial charge in [-0.05, 0) is 30.5 Å². The maximum atomic E-state index is 12.6. The van der Waals surface area contributed by atoms with Crippen LogP contribution in [0, 0.1) is 6.92 Å². The van der Waals surface area contributed by atoms with E-state index in [4.69, 9.17) is 0 Å². The number of aromatic nitrogens is 5. The van der Waals surface area contributed by atoms with E-state index in [1.165, 1.54) is 12.3 Å². The second kappa shape index (κ2) is 8.06. The van der Waals surface area contributed by atoms with Gasteiger partial charge < -0.3 is 10.2 Å². The highest BCUT2D eigenvalue weighted by molar-refractivity contribution is 6.10. The molecular weight excluding hydrogens is 423 g/mol. The first-order valence-corrected chi connectivity index (χ1v) is 9.77. The molecule has 32 heavy (non-hydrogen) atoms. The van der Waals surface area contributed by atoms with Gasteiger partial charge in [0.1, 0.15) is 22.9 Å². The van der Waals surface area contributed by atoms with Crippen LogP contribution in [0.15, 0.2) is 43.0 Å². The van der Waals surface area contributed by atoms with Crippen molar-refractivity contribution in [3.05, 3.63) is 71.3 Å². The molecule has 3 aromatic rings. The maximum absolute atomic E-state index is 12.6. The van der Waals surface area contributed by atoms with Crippen LogP contribution in [0.2, 0.25) is 0 Å². The SMILES string of the molecule is C=C1C(=O)Nc2c(C)nc(CCc3cnn(Cc4ccc(C(F)(F)F)nc4)c3)nc2N1C. The Morgan fingerprint density at radius 1 is 1.12 bits per heavy atom. The number of nitrogens with zero attached hydrogens (tertiary/aromatic N) is 6. The van der Waals surface area contributed by atoms with Gasteiger partial charge in [0, 0.05) is 25.9 Å². The lowest BCUT2D eigenvalue weighted by atomic mass is 10.1. The van der Waals surface area contributed by atoms with E-state index in [1.54, 1.807) is 22.8 Å². The molecule has 0 spiro atoms. The summed E-state index contributed by atoms with van der Waals surface area (Å²) in [6.07, 6.45) is 1.46. The topological polar surface area (TPSA) is 88.8 Å². The first-order valence-electron chi connectivity index (χ1n) is 9.77. The van der Waals surface area contributed by atoms with Gasteiger partial charge in [-0.25, -0.2) is 9.97 Å². The van der Waals surface area contributed by atoms with E-state index in [0.717, 1.165) is 11.6 Å². The van der Waals surface area contributed by atoms with Gasteiger partial charge in [0.2, 0.25) is 0 Å². The number of halogens is 3. The smallest absolute Gasteiger partial charge is 0.324 e. The molecule has 0 fully saturated rings. The van der Waals surface area contributed by atoms with Crippen molar-refractivity contribution >= 4 is 17.4 Å². The van der Waals surface area contributed by atoms with Crippen molar-refractivity contribution in [1.82, 2.24) is 24.7 Å². The normalized spacial score (nSPS) is 13.8. The third kappa shape index (κ3) is 4.32. The van der Waals surface area contributed by atoms with E-state index < -0.39 is 11.9 Å². The Morgan fingerprint density at radius 3 is 2.59 bits per heavy atom. The second-order valence-corrected chi connectivity index (χ2v) is 7.48. The zero-order chi connectivity index (χ0) is 23.0. The predicted octanol–water partition coefficient (Wildman–Crippen LogP) is 3.13. The molecule has 11 heteroatoms. The van der Waals surface area contributed by atoms with E-state index >= 15 is 0 Å². The van der Waals surface area contributed by atoms with Crippen molar-refractivity contribution < 1.29 is 18.0 Å². The van der Waals surface area contributed by atoms with Gasteiger partial charge in [-0.3, -0.25) is 14.5 Å². The van der Waals surface area contributed by atoms with Crippen molar-refractivity contribution in [3.8, 4) is 0 Å². The van der Waals surface area contributed by atoms with Crippen molar-refractivity contribution in [3.63, 3.8) is 0 Å². The summed E-state index contributed by atoms with van der Waals surface area (Å²) in [6, 6.07) is 2.35. The van der Waals surface area contributed by atoms with Crippen molar-refractivity contribution in [2.45, 2.75) is 32.5 Å². The van der Waals surface area contributed by atoms with Gasteiger partial charge in [-0.1, -0.05) is 12.6 Å². The summed E-state index contributed by atoms with van der Waals surface area (Å²) in [5.74, 6) is 0.939. The highest BCUT2D eigenvalue weighted by Gasteiger charge is 2.32. The fourth-order valence-electron chi connectivity index (χ4n) is 3.33. The summed E-state index contributed by atoms with van der Waals surface area (Å²) in [4.78, 5) is 26.1. The van der Waals surface area contributed by atoms with Gasteiger partial charge >= 0.3 is 6.18 Å². The third-order valence-electron chi connectivity index (χ3n) is 5.12. The minimum absolute atomic E-state index is 0.282. The lowest BCUT2D eigenvalue weighted by Crippen LogP contribution is -2.34. The molecule has 0 radical (unpaired) electrons. The van der Waals surface area contributed by atoms with Crippen LogP contribution >= 0.6 is 0 Å². The average Bonchev–Trinajstić information content (AvgIpc) is 3.18. The van der Waals surface area contributed by atoms with E-state index in [1.807, 2.05) is 13.1 Å². The lowest BCUT2D eigenvalue weighted by molar-refractivity contribution is -0.141. The molecule has 1 N–H and O–H groups in total. The molecule has 0 atom stereocenters. The highest BCUT2D eigenvalue weighted by atomic mass is 19.4. The first-order chi connectivity index (χ1) is 15.1. The molecule has 3 aromatic heterocycles. The average molecular weight is 443 g/mol. The number of pyridine rings is 1. The van der Waals surface area contributed by atoms with Gasteiger partial charge in [0.05, 0.1) is 18.4 Å². The molecule has 0 aliphatic carbocycles. The van der Waals surface area contributed by atoms with Crippen LogP contribution < -0.4 is 10.2 Å². The van der Waals surface area contributed by atoms with Crippen LogP contribution in [-0.4, -0.2) is 37.7 Å². The van der Waals surface area contributed by atoms with Crippen LogP contribution in [0.1, 0.15) is 28.3 Å². The molecule has 1 amide bonds. The van der Waals surface area contributed by atoms with Crippen LogP contribution in [0.4, 0.5) is 24.7 Å². The number of likely N-dealkylation sites (N-methyl/N-ethyl adjacent to an activating group) is 1. The molecule has 0 aromatic carbocycles. The molecule has 1 aliphatic rings. The second-order valence-electron chi connectivity index (χ2n) is 7.48. The highest BCUT2D eigenvalue weighted by Crippen LogP contribution is 2.32. The molecule has 0 saturated heterocycles. The van der Waals surface area contributed by atoms with Gasteiger partial charge in [0.25, 0.3) is 5.91 Å². The Labute approximate surface area is 181 Å². The van der Waals surface area contributed by atoms with E-state index in [-0.39, 0.29) is 5.91 Å². The monoisotopic (exact) mass is 443 g/mol. The molecular formula is C21H20F3N7O. The van der Waals surface area contributed by atoms with Crippen LogP contribution in [0.3, 0.4) is 0 Å². The van der Waals surface area contributed by atoms with E-state index in [2.05, 4.69) is 31.9 Å². The lowest BCUT2D eigenvalue weighted by Gasteiger charge is -2.28. The number of fused-ring (bicyclic) bond motifs is 1. The molecule has 166 valence electrons. The zero-order valence-corrected chi connectivity index (χ0v) is 17.4. The maximum Gasteiger partial charge on any atom is 0.433 e. The zero-order valence-electron chi connectivity index (χ0n) is 17.4. The number of anilines is 2. The Kier molecular flexibility index (Phi) is 5.41. The number of hydrogen-bond donors (Lipinski definition) is 1. The summed E-state index contributed by atoms with van der Waals surface area (Å²) >= 11 is 0. The van der Waals surface area contributed by atoms with Crippen molar-refractivity contribution in [2.24, 2.45) is 0 Å². The molecule has 4 heterocycles. The molecule has 0 bridgehead atoms. The molecule has 0 saturated carbocycles. The van der Waals surface area contributed by atoms with Gasteiger partial charge in [-0.15, -0.1) is 0 Å². The summed E-state index contributed by atoms with van der Waals surface area (Å²) < 4.78 is 39.5. The van der Waals surface area contributed by atoms with Gasteiger partial charge in [0.15, 0.2) is 5.82 Å². The van der Waals surface area contributed by atoms with Crippen molar-refractivity contribution in [2.75, 3.05) is 17.3 Å². The summed E-state index contributed by atoms with van der Waals surface area (Å²) in [5.41, 5.74) is 2.19. The number of carbonyl (C=O) groups is 1. The fraction of sp³-hybridized carbons (Fsp3) is 0.286. The van der Waals surface area contributed by atoms with Crippen LogP contribution in [-0.2, 0) is 30.4 Å². The minimum Gasteiger partial charge on any atom is -0.324 e. The quantitative estimate of drug-likeness (QED) is 0.610. The minimum atomic E-state index is -4.46. The first kappa shape index (κ1) is 21.5. The molecule has 4 rings (SSSR count). The Bertz CT molecular complexity index is 1190.